The van der Waals surface area contributed by atoms with E-state index < -0.39 is 0 Å². The summed E-state index contributed by atoms with van der Waals surface area (Å²) in [5.41, 5.74) is 0. The van der Waals surface area contributed by atoms with Crippen LogP contribution in [0, 0.1) is 0 Å². The molecule has 0 aliphatic carbocycles. The molecule has 4 atom stereocenters. The summed E-state index contributed by atoms with van der Waals surface area (Å²) < 4.78 is 5.62. The summed E-state index contributed by atoms with van der Waals surface area (Å²) in [4.78, 5) is 17.0. The topological polar surface area (TPSA) is 32.8 Å². The van der Waals surface area contributed by atoms with Gasteiger partial charge in [-0.2, -0.15) is 0 Å². The first-order chi connectivity index (χ1) is 8.99. The number of carbonyl (C=O) groups excluding carboxylic acids is 1. The zero-order valence-electron chi connectivity index (χ0n) is 12.8. The van der Waals surface area contributed by atoms with Crippen molar-refractivity contribution in [3.8, 4) is 0 Å². The Kier molecular flexibility index (Phi) is 4.85. The molecule has 0 N–H and O–H groups in total. The summed E-state index contributed by atoms with van der Waals surface area (Å²) in [6.45, 7) is 10.7. The van der Waals surface area contributed by atoms with E-state index in [1.165, 1.54) is 6.42 Å². The van der Waals surface area contributed by atoms with Gasteiger partial charge in [0.05, 0.1) is 19.3 Å². The normalized spacial score (nSPS) is 37.4. The number of hydrogen-bond acceptors (Lipinski definition) is 3. The lowest BCUT2D eigenvalue weighted by Crippen LogP contribution is -2.55. The molecule has 0 radical (unpaired) electrons. The lowest BCUT2D eigenvalue weighted by Gasteiger charge is -2.42. The second kappa shape index (κ2) is 6.23. The Bertz CT molecular complexity index is 311. The van der Waals surface area contributed by atoms with Crippen molar-refractivity contribution in [2.24, 2.45) is 0 Å². The molecule has 2 aliphatic heterocycles. The third kappa shape index (κ3) is 3.48. The lowest BCUT2D eigenvalue weighted by atomic mass is 9.97. The van der Waals surface area contributed by atoms with Crippen molar-refractivity contribution in [2.45, 2.75) is 71.2 Å². The number of amides is 1. The fourth-order valence-electron chi connectivity index (χ4n) is 3.36. The van der Waals surface area contributed by atoms with E-state index in [4.69, 9.17) is 4.74 Å². The monoisotopic (exact) mass is 268 g/mol. The Hall–Kier alpha value is -0.610. The van der Waals surface area contributed by atoms with Crippen molar-refractivity contribution in [2.75, 3.05) is 19.7 Å². The SMILES string of the molecule is C[C@@H]1CN(CC(=O)N2[C@H](C)CCC[C@H]2C)[C@@H](C)CO1. The molecule has 0 spiro atoms. The van der Waals surface area contributed by atoms with E-state index in [-0.39, 0.29) is 6.10 Å². The first-order valence-electron chi connectivity index (χ1n) is 7.66. The van der Waals surface area contributed by atoms with Crippen molar-refractivity contribution in [1.82, 2.24) is 9.80 Å². The van der Waals surface area contributed by atoms with E-state index in [1.54, 1.807) is 0 Å². The van der Waals surface area contributed by atoms with Crippen LogP contribution >= 0.6 is 0 Å². The number of hydrogen-bond donors (Lipinski definition) is 0. The summed E-state index contributed by atoms with van der Waals surface area (Å²) in [7, 11) is 0. The number of piperidine rings is 1. The zero-order chi connectivity index (χ0) is 14.0. The smallest absolute Gasteiger partial charge is 0.237 e. The predicted molar refractivity (Wildman–Crippen MR) is 76.1 cm³/mol. The van der Waals surface area contributed by atoms with Gasteiger partial charge in [0.25, 0.3) is 0 Å². The lowest BCUT2D eigenvalue weighted by molar-refractivity contribution is -0.141. The second-order valence-electron chi connectivity index (χ2n) is 6.35. The van der Waals surface area contributed by atoms with Crippen LogP contribution in [0.4, 0.5) is 0 Å². The maximum Gasteiger partial charge on any atom is 0.237 e. The van der Waals surface area contributed by atoms with Crippen LogP contribution in [0.2, 0.25) is 0 Å². The second-order valence-corrected chi connectivity index (χ2v) is 6.35. The van der Waals surface area contributed by atoms with Crippen LogP contribution < -0.4 is 0 Å². The fourth-order valence-corrected chi connectivity index (χ4v) is 3.36. The molecule has 4 nitrogen and oxygen atoms in total. The minimum atomic E-state index is 0.236. The van der Waals surface area contributed by atoms with Crippen molar-refractivity contribution in [1.29, 1.82) is 0 Å². The summed E-state index contributed by atoms with van der Waals surface area (Å²) in [6, 6.07) is 1.13. The molecule has 2 rings (SSSR count). The largest absolute Gasteiger partial charge is 0.376 e. The molecule has 2 heterocycles. The molecule has 2 fully saturated rings. The first kappa shape index (κ1) is 14.8. The number of ether oxygens (including phenoxy) is 1. The first-order valence-corrected chi connectivity index (χ1v) is 7.66. The third-order valence-electron chi connectivity index (χ3n) is 4.56. The van der Waals surface area contributed by atoms with Gasteiger partial charge in [-0.1, -0.05) is 0 Å². The van der Waals surface area contributed by atoms with Gasteiger partial charge in [-0.15, -0.1) is 0 Å². The van der Waals surface area contributed by atoms with Gasteiger partial charge < -0.3 is 9.64 Å². The van der Waals surface area contributed by atoms with Crippen molar-refractivity contribution in [3.05, 3.63) is 0 Å². The molecule has 0 aromatic rings. The van der Waals surface area contributed by atoms with Gasteiger partial charge in [-0.05, 0) is 47.0 Å². The highest BCUT2D eigenvalue weighted by molar-refractivity contribution is 5.79. The number of nitrogens with zero attached hydrogens (tertiary/aromatic N) is 2. The van der Waals surface area contributed by atoms with Gasteiger partial charge in [0.15, 0.2) is 0 Å². The third-order valence-corrected chi connectivity index (χ3v) is 4.56. The molecule has 4 heteroatoms. The minimum Gasteiger partial charge on any atom is -0.376 e. The van der Waals surface area contributed by atoms with E-state index in [0.717, 1.165) is 26.0 Å². The Morgan fingerprint density at radius 2 is 1.74 bits per heavy atom. The highest BCUT2D eigenvalue weighted by Gasteiger charge is 2.32. The van der Waals surface area contributed by atoms with Crippen LogP contribution in [0.3, 0.4) is 0 Å². The Labute approximate surface area is 117 Å². The van der Waals surface area contributed by atoms with Gasteiger partial charge in [0.1, 0.15) is 0 Å². The van der Waals surface area contributed by atoms with E-state index >= 15 is 0 Å². The quantitative estimate of drug-likeness (QED) is 0.766. The van der Waals surface area contributed by atoms with Crippen LogP contribution in [0.5, 0.6) is 0 Å². The van der Waals surface area contributed by atoms with E-state index in [0.29, 0.717) is 30.6 Å². The van der Waals surface area contributed by atoms with Gasteiger partial charge >= 0.3 is 0 Å². The summed E-state index contributed by atoms with van der Waals surface area (Å²) in [5, 5.41) is 0. The molecular formula is C15H28N2O2. The summed E-state index contributed by atoms with van der Waals surface area (Å²) in [6.07, 6.45) is 3.77. The number of likely N-dealkylation sites (tertiary alicyclic amines) is 1. The highest BCUT2D eigenvalue weighted by atomic mass is 16.5. The summed E-state index contributed by atoms with van der Waals surface area (Å²) >= 11 is 0. The average Bonchev–Trinajstić information content (AvgIpc) is 2.33. The maximum absolute atomic E-state index is 12.6. The van der Waals surface area contributed by atoms with Crippen LogP contribution in [0.25, 0.3) is 0 Å². The van der Waals surface area contributed by atoms with Crippen molar-refractivity contribution >= 4 is 5.91 Å². The minimum absolute atomic E-state index is 0.236. The molecule has 0 saturated carbocycles. The van der Waals surface area contributed by atoms with Crippen molar-refractivity contribution in [3.63, 3.8) is 0 Å². The van der Waals surface area contributed by atoms with Crippen LogP contribution in [0.1, 0.15) is 47.0 Å². The molecule has 0 unspecified atom stereocenters. The van der Waals surface area contributed by atoms with Crippen molar-refractivity contribution < 1.29 is 9.53 Å². The molecule has 0 aromatic heterocycles. The molecule has 2 saturated heterocycles. The Balaban J connectivity index is 1.95. The van der Waals surface area contributed by atoms with Gasteiger partial charge in [-0.25, -0.2) is 0 Å². The standard InChI is InChI=1S/C15H28N2O2/c1-11-6-5-7-12(2)17(11)15(18)9-16-8-14(4)19-10-13(16)3/h11-14H,5-10H2,1-4H3/t11-,12-,13+,14-/m1/s1. The molecular weight excluding hydrogens is 240 g/mol. The Morgan fingerprint density at radius 1 is 1.11 bits per heavy atom. The van der Waals surface area contributed by atoms with Crippen LogP contribution in [0.15, 0.2) is 0 Å². The number of carbonyl (C=O) groups is 1. The number of morpholine rings is 1. The predicted octanol–water partition coefficient (Wildman–Crippen LogP) is 1.89. The molecule has 2 aliphatic rings. The zero-order valence-corrected chi connectivity index (χ0v) is 12.8. The average molecular weight is 268 g/mol. The highest BCUT2D eigenvalue weighted by Crippen LogP contribution is 2.23. The Morgan fingerprint density at radius 3 is 2.37 bits per heavy atom. The molecule has 0 aromatic carbocycles. The molecule has 19 heavy (non-hydrogen) atoms. The fraction of sp³-hybridized carbons (Fsp3) is 0.933. The van der Waals surface area contributed by atoms with Crippen LogP contribution in [-0.2, 0) is 9.53 Å². The molecule has 1 amide bonds. The van der Waals surface area contributed by atoms with Gasteiger partial charge in [-0.3, -0.25) is 9.69 Å². The van der Waals surface area contributed by atoms with Gasteiger partial charge in [0, 0.05) is 24.7 Å². The van der Waals surface area contributed by atoms with E-state index in [2.05, 4.69) is 37.5 Å². The van der Waals surface area contributed by atoms with E-state index in [1.807, 2.05) is 0 Å². The molecule has 110 valence electrons. The van der Waals surface area contributed by atoms with E-state index in [9.17, 15) is 4.79 Å². The molecule has 0 bridgehead atoms. The van der Waals surface area contributed by atoms with Gasteiger partial charge in [0.2, 0.25) is 5.91 Å². The maximum atomic E-state index is 12.6. The summed E-state index contributed by atoms with van der Waals surface area (Å²) in [5.74, 6) is 0.292. The number of rotatable bonds is 2. The van der Waals surface area contributed by atoms with Crippen LogP contribution in [-0.4, -0.2) is 59.6 Å².